The van der Waals surface area contributed by atoms with E-state index in [1.807, 2.05) is 18.2 Å². The van der Waals surface area contributed by atoms with Crippen LogP contribution in [-0.4, -0.2) is 19.7 Å². The molecule has 0 saturated carbocycles. The van der Waals surface area contributed by atoms with Crippen LogP contribution >= 0.6 is 27.5 Å². The molecule has 2 aromatic rings. The Hall–Kier alpha value is -2.42. The van der Waals surface area contributed by atoms with Gasteiger partial charge in [-0.1, -0.05) is 35.7 Å². The lowest BCUT2D eigenvalue weighted by Gasteiger charge is -2.14. The first-order valence-electron chi connectivity index (χ1n) is 7.57. The Bertz CT molecular complexity index is 855. The average molecular weight is 436 g/mol. The van der Waals surface area contributed by atoms with Crippen LogP contribution in [0.1, 0.15) is 11.1 Å². The summed E-state index contributed by atoms with van der Waals surface area (Å²) in [6, 6.07) is 11.0. The quantitative estimate of drug-likeness (QED) is 0.353. The van der Waals surface area contributed by atoms with Gasteiger partial charge in [0.2, 0.25) is 0 Å². The maximum absolute atomic E-state index is 11.5. The molecule has 0 aliphatic carbocycles. The Morgan fingerprint density at radius 3 is 2.81 bits per heavy atom. The van der Waals surface area contributed by atoms with Crippen molar-refractivity contribution >= 4 is 39.6 Å². The fraction of sp³-hybridized carbons (Fsp3) is 0.150. The number of terminal acetylenes is 1. The number of halogens is 2. The molecular weight excluding hydrogens is 420 g/mol. The van der Waals surface area contributed by atoms with E-state index in [2.05, 4.69) is 21.9 Å². The number of ether oxygens (including phenoxy) is 3. The predicted molar refractivity (Wildman–Crippen MR) is 105 cm³/mol. The minimum absolute atomic E-state index is 0.0645. The van der Waals surface area contributed by atoms with Gasteiger partial charge in [-0.15, -0.1) is 6.42 Å². The van der Waals surface area contributed by atoms with E-state index in [1.54, 1.807) is 31.4 Å². The molecular formula is C20H16BrClO4. The number of hydrogen-bond donors (Lipinski definition) is 0. The van der Waals surface area contributed by atoms with Crippen molar-refractivity contribution in [2.75, 3.05) is 13.7 Å². The van der Waals surface area contributed by atoms with Gasteiger partial charge in [-0.25, -0.2) is 4.79 Å². The molecule has 0 bridgehead atoms. The van der Waals surface area contributed by atoms with Crippen LogP contribution in [0.5, 0.6) is 11.5 Å². The Balaban J connectivity index is 2.16. The minimum atomic E-state index is -0.517. The summed E-state index contributed by atoms with van der Waals surface area (Å²) in [5, 5.41) is 0.632. The van der Waals surface area contributed by atoms with E-state index in [0.29, 0.717) is 27.6 Å². The molecule has 0 N–H and O–H groups in total. The van der Waals surface area contributed by atoms with Gasteiger partial charge in [0.1, 0.15) is 6.61 Å². The monoisotopic (exact) mass is 434 g/mol. The van der Waals surface area contributed by atoms with Gasteiger partial charge in [0, 0.05) is 16.7 Å². The zero-order chi connectivity index (χ0) is 18.9. The van der Waals surface area contributed by atoms with Crippen molar-refractivity contribution in [2.24, 2.45) is 0 Å². The first-order valence-corrected chi connectivity index (χ1v) is 8.74. The number of esters is 1. The highest BCUT2D eigenvalue weighted by Crippen LogP contribution is 2.37. The second kappa shape index (κ2) is 9.91. The molecule has 2 aromatic carbocycles. The normalized spacial score (nSPS) is 10.4. The number of carbonyl (C=O) groups is 1. The summed E-state index contributed by atoms with van der Waals surface area (Å²) in [7, 11) is 1.54. The molecule has 4 nitrogen and oxygen atoms in total. The third kappa shape index (κ3) is 5.55. The van der Waals surface area contributed by atoms with E-state index < -0.39 is 5.97 Å². The molecule has 0 unspecified atom stereocenters. The van der Waals surface area contributed by atoms with E-state index in [-0.39, 0.29) is 6.61 Å². The van der Waals surface area contributed by atoms with Crippen molar-refractivity contribution in [1.29, 1.82) is 0 Å². The Morgan fingerprint density at radius 1 is 1.35 bits per heavy atom. The van der Waals surface area contributed by atoms with Crippen LogP contribution in [-0.2, 0) is 16.1 Å². The highest BCUT2D eigenvalue weighted by molar-refractivity contribution is 9.10. The average Bonchev–Trinajstić information content (AvgIpc) is 2.64. The summed E-state index contributed by atoms with van der Waals surface area (Å²) in [6.45, 7) is 0.229. The van der Waals surface area contributed by atoms with Gasteiger partial charge in [-0.2, -0.15) is 0 Å². The molecule has 0 atom stereocenters. The van der Waals surface area contributed by atoms with Crippen LogP contribution < -0.4 is 9.47 Å². The van der Waals surface area contributed by atoms with Gasteiger partial charge in [0.15, 0.2) is 18.1 Å². The smallest absolute Gasteiger partial charge is 0.331 e. The van der Waals surface area contributed by atoms with Crippen LogP contribution in [0.15, 0.2) is 46.9 Å². The summed E-state index contributed by atoms with van der Waals surface area (Å²) in [4.78, 5) is 11.5. The van der Waals surface area contributed by atoms with Crippen LogP contribution in [0.3, 0.4) is 0 Å². The molecule has 2 rings (SSSR count). The zero-order valence-corrected chi connectivity index (χ0v) is 16.3. The van der Waals surface area contributed by atoms with Crippen molar-refractivity contribution in [1.82, 2.24) is 0 Å². The van der Waals surface area contributed by atoms with Gasteiger partial charge in [0.05, 0.1) is 11.6 Å². The summed E-state index contributed by atoms with van der Waals surface area (Å²) < 4.78 is 16.7. The maximum atomic E-state index is 11.5. The van der Waals surface area contributed by atoms with Crippen LogP contribution in [0, 0.1) is 12.3 Å². The standard InChI is InChI=1S/C20H16BrClO4/c1-3-10-25-19(23)9-8-14-11-16(21)20(18(12-14)24-2)26-13-15-6-4-5-7-17(15)22/h1,4-9,11-12H,10,13H2,2H3/b9-8+. The highest BCUT2D eigenvalue weighted by atomic mass is 79.9. The summed E-state index contributed by atoms with van der Waals surface area (Å²) in [6.07, 6.45) is 7.94. The third-order valence-electron chi connectivity index (χ3n) is 3.29. The van der Waals surface area contributed by atoms with Crippen molar-refractivity contribution in [2.45, 2.75) is 6.61 Å². The molecule has 0 radical (unpaired) electrons. The van der Waals surface area contributed by atoms with E-state index in [9.17, 15) is 4.79 Å². The van der Waals surface area contributed by atoms with E-state index >= 15 is 0 Å². The van der Waals surface area contributed by atoms with Crippen molar-refractivity contribution in [3.05, 3.63) is 63.1 Å². The Labute approximate surface area is 165 Å². The SMILES string of the molecule is C#CCOC(=O)/C=C/c1cc(Br)c(OCc2ccccc2Cl)c(OC)c1. The van der Waals surface area contributed by atoms with Crippen LogP contribution in [0.2, 0.25) is 5.02 Å². The van der Waals surface area contributed by atoms with Gasteiger partial charge in [-0.3, -0.25) is 0 Å². The maximum Gasteiger partial charge on any atom is 0.331 e. The van der Waals surface area contributed by atoms with Crippen molar-refractivity contribution in [3.63, 3.8) is 0 Å². The fourth-order valence-corrected chi connectivity index (χ4v) is 2.83. The third-order valence-corrected chi connectivity index (χ3v) is 4.25. The molecule has 0 saturated heterocycles. The lowest BCUT2D eigenvalue weighted by molar-refractivity contribution is -0.136. The summed E-state index contributed by atoms with van der Waals surface area (Å²) in [5.74, 6) is 2.77. The predicted octanol–water partition coefficient (Wildman–Crippen LogP) is 4.88. The van der Waals surface area contributed by atoms with Gasteiger partial charge < -0.3 is 14.2 Å². The number of benzene rings is 2. The molecule has 0 fully saturated rings. The molecule has 0 aliphatic rings. The minimum Gasteiger partial charge on any atom is -0.493 e. The summed E-state index contributed by atoms with van der Waals surface area (Å²) >= 11 is 9.61. The largest absolute Gasteiger partial charge is 0.493 e. The molecule has 6 heteroatoms. The lowest BCUT2D eigenvalue weighted by atomic mass is 10.2. The Kier molecular flexibility index (Phi) is 7.58. The van der Waals surface area contributed by atoms with E-state index in [0.717, 1.165) is 11.1 Å². The number of methoxy groups -OCH3 is 1. The lowest BCUT2D eigenvalue weighted by Crippen LogP contribution is -2.01. The zero-order valence-electron chi connectivity index (χ0n) is 14.0. The van der Waals surface area contributed by atoms with Gasteiger partial charge in [-0.05, 0) is 45.8 Å². The molecule has 0 spiro atoms. The van der Waals surface area contributed by atoms with E-state index in [4.69, 9.17) is 32.2 Å². The highest BCUT2D eigenvalue weighted by Gasteiger charge is 2.12. The molecule has 0 amide bonds. The number of rotatable bonds is 7. The first kappa shape index (κ1) is 19.9. The van der Waals surface area contributed by atoms with Gasteiger partial charge >= 0.3 is 5.97 Å². The topological polar surface area (TPSA) is 44.8 Å². The van der Waals surface area contributed by atoms with Crippen LogP contribution in [0.4, 0.5) is 0 Å². The molecule has 134 valence electrons. The second-order valence-electron chi connectivity index (χ2n) is 5.06. The van der Waals surface area contributed by atoms with Gasteiger partial charge in [0.25, 0.3) is 0 Å². The molecule has 0 heterocycles. The molecule has 26 heavy (non-hydrogen) atoms. The Morgan fingerprint density at radius 2 is 2.12 bits per heavy atom. The number of hydrogen-bond acceptors (Lipinski definition) is 4. The van der Waals surface area contributed by atoms with Crippen LogP contribution in [0.25, 0.3) is 6.08 Å². The second-order valence-corrected chi connectivity index (χ2v) is 6.32. The molecule has 0 aliphatic heterocycles. The van der Waals surface area contributed by atoms with Crippen molar-refractivity contribution < 1.29 is 19.0 Å². The number of carbonyl (C=O) groups excluding carboxylic acids is 1. The van der Waals surface area contributed by atoms with E-state index in [1.165, 1.54) is 6.08 Å². The van der Waals surface area contributed by atoms with Crippen molar-refractivity contribution in [3.8, 4) is 23.8 Å². The first-order chi connectivity index (χ1) is 12.5. The molecule has 0 aromatic heterocycles. The summed E-state index contributed by atoms with van der Waals surface area (Å²) in [5.41, 5.74) is 1.60. The fourth-order valence-electron chi connectivity index (χ4n) is 2.07.